The Labute approximate surface area is 152 Å². The van der Waals surface area contributed by atoms with Crippen molar-refractivity contribution in [1.82, 2.24) is 15.5 Å². The molecule has 6 nitrogen and oxygen atoms in total. The molecule has 0 saturated carbocycles. The predicted octanol–water partition coefficient (Wildman–Crippen LogP) is 2.61. The van der Waals surface area contributed by atoms with Gasteiger partial charge in [0.1, 0.15) is 0 Å². The number of carbonyl (C=O) groups excluding carboxylic acids is 2. The molecule has 0 radical (unpaired) electrons. The van der Waals surface area contributed by atoms with Gasteiger partial charge in [0.05, 0.1) is 18.7 Å². The minimum Gasteiger partial charge on any atom is -0.466 e. The number of carbonyl (C=O) groups is 2. The Morgan fingerprint density at radius 2 is 1.92 bits per heavy atom. The van der Waals surface area contributed by atoms with Crippen molar-refractivity contribution < 1.29 is 14.3 Å². The fraction of sp³-hybridized carbons (Fsp3) is 0.444. The van der Waals surface area contributed by atoms with E-state index in [0.717, 1.165) is 31.5 Å². The topological polar surface area (TPSA) is 70.7 Å². The summed E-state index contributed by atoms with van der Waals surface area (Å²) in [5.74, 6) is -0.445. The van der Waals surface area contributed by atoms with Crippen molar-refractivity contribution in [3.05, 3.63) is 46.1 Å². The van der Waals surface area contributed by atoms with Gasteiger partial charge in [-0.2, -0.15) is 0 Å². The number of esters is 1. The third-order valence-corrected chi connectivity index (χ3v) is 4.84. The number of urea groups is 1. The van der Waals surface area contributed by atoms with Crippen molar-refractivity contribution in [2.75, 3.05) is 26.7 Å². The number of halogens is 1. The number of benzene rings is 1. The molecule has 0 aliphatic carbocycles. The maximum Gasteiger partial charge on any atom is 0.338 e. The summed E-state index contributed by atoms with van der Waals surface area (Å²) in [7, 11) is 1.35. The predicted molar refractivity (Wildman–Crippen MR) is 95.2 cm³/mol. The maximum atomic E-state index is 12.5. The number of amides is 2. The number of nitrogens with zero attached hydrogens (tertiary/aromatic N) is 1. The smallest absolute Gasteiger partial charge is 0.338 e. The van der Waals surface area contributed by atoms with Gasteiger partial charge in [0, 0.05) is 17.3 Å². The van der Waals surface area contributed by atoms with Crippen molar-refractivity contribution in [1.29, 1.82) is 0 Å². The Hall–Kier alpha value is -2.05. The lowest BCUT2D eigenvalue weighted by molar-refractivity contribution is -0.136. The second kappa shape index (κ2) is 7.89. The summed E-state index contributed by atoms with van der Waals surface area (Å²) >= 11 is 5.95. The van der Waals surface area contributed by atoms with Crippen LogP contribution in [0.15, 0.2) is 35.5 Å². The Morgan fingerprint density at radius 1 is 1.24 bits per heavy atom. The number of hydrogen-bond acceptors (Lipinski definition) is 4. The quantitative estimate of drug-likeness (QED) is 0.807. The molecule has 0 bridgehead atoms. The van der Waals surface area contributed by atoms with Crippen LogP contribution in [0, 0.1) is 0 Å². The van der Waals surface area contributed by atoms with Crippen molar-refractivity contribution in [3.63, 3.8) is 0 Å². The van der Waals surface area contributed by atoms with E-state index in [1.54, 1.807) is 24.3 Å². The monoisotopic (exact) mass is 363 g/mol. The van der Waals surface area contributed by atoms with Crippen LogP contribution in [-0.2, 0) is 9.53 Å². The van der Waals surface area contributed by atoms with Crippen LogP contribution in [0.3, 0.4) is 0 Å². The highest BCUT2D eigenvalue weighted by Gasteiger charge is 2.34. The van der Waals surface area contributed by atoms with Crippen molar-refractivity contribution >= 4 is 23.6 Å². The zero-order chi connectivity index (χ0) is 17.8. The van der Waals surface area contributed by atoms with E-state index in [-0.39, 0.29) is 6.03 Å². The van der Waals surface area contributed by atoms with E-state index >= 15 is 0 Å². The molecule has 0 spiro atoms. The molecule has 2 heterocycles. The standard InChI is InChI=1S/C18H22ClN3O3/c1-25-17(23)15-14(11-22-9-3-2-4-10-22)20-18(24)21-16(15)12-5-7-13(19)8-6-12/h5-8,16H,2-4,9-11H2,1H3,(H2,20,21,24)/t16-/m1/s1. The molecule has 1 aromatic rings. The number of hydrogen-bond donors (Lipinski definition) is 2. The van der Waals surface area contributed by atoms with Gasteiger partial charge < -0.3 is 15.4 Å². The van der Waals surface area contributed by atoms with E-state index in [4.69, 9.17) is 16.3 Å². The molecule has 3 rings (SSSR count). The first-order chi connectivity index (χ1) is 12.1. The van der Waals surface area contributed by atoms with E-state index < -0.39 is 12.0 Å². The van der Waals surface area contributed by atoms with Crippen LogP contribution in [0.25, 0.3) is 0 Å². The molecule has 1 aromatic carbocycles. The van der Waals surface area contributed by atoms with Gasteiger partial charge in [-0.3, -0.25) is 4.90 Å². The van der Waals surface area contributed by atoms with Gasteiger partial charge in [0.15, 0.2) is 0 Å². The highest BCUT2D eigenvalue weighted by atomic mass is 35.5. The summed E-state index contributed by atoms with van der Waals surface area (Å²) in [5.41, 5.74) is 1.84. The largest absolute Gasteiger partial charge is 0.466 e. The first-order valence-corrected chi connectivity index (χ1v) is 8.83. The third kappa shape index (κ3) is 4.14. The Balaban J connectivity index is 1.96. The highest BCUT2D eigenvalue weighted by molar-refractivity contribution is 6.30. The van der Waals surface area contributed by atoms with E-state index in [9.17, 15) is 9.59 Å². The molecule has 1 saturated heterocycles. The number of piperidine rings is 1. The minimum absolute atomic E-state index is 0.320. The maximum absolute atomic E-state index is 12.5. The zero-order valence-electron chi connectivity index (χ0n) is 14.2. The lowest BCUT2D eigenvalue weighted by Gasteiger charge is -2.33. The first kappa shape index (κ1) is 17.8. The number of nitrogens with one attached hydrogen (secondary N) is 2. The van der Waals surface area contributed by atoms with Crippen LogP contribution in [-0.4, -0.2) is 43.6 Å². The lowest BCUT2D eigenvalue weighted by Crippen LogP contribution is -2.48. The molecule has 25 heavy (non-hydrogen) atoms. The molecule has 2 amide bonds. The van der Waals surface area contributed by atoms with Crippen molar-refractivity contribution in [2.24, 2.45) is 0 Å². The Kier molecular flexibility index (Phi) is 5.60. The van der Waals surface area contributed by atoms with Crippen molar-refractivity contribution in [2.45, 2.75) is 25.3 Å². The molecular formula is C18H22ClN3O3. The summed E-state index contributed by atoms with van der Waals surface area (Å²) in [6.45, 7) is 2.46. The lowest BCUT2D eigenvalue weighted by atomic mass is 9.95. The number of likely N-dealkylation sites (tertiary alicyclic amines) is 1. The van der Waals surface area contributed by atoms with Crippen LogP contribution >= 0.6 is 11.6 Å². The van der Waals surface area contributed by atoms with Gasteiger partial charge >= 0.3 is 12.0 Å². The van der Waals surface area contributed by atoms with Crippen LogP contribution in [0.5, 0.6) is 0 Å². The van der Waals surface area contributed by atoms with Gasteiger partial charge in [-0.15, -0.1) is 0 Å². The molecule has 0 unspecified atom stereocenters. The molecule has 2 N–H and O–H groups in total. The summed E-state index contributed by atoms with van der Waals surface area (Å²) in [6.07, 6.45) is 3.49. The van der Waals surface area contributed by atoms with E-state index in [1.165, 1.54) is 13.5 Å². The average molecular weight is 364 g/mol. The normalized spacial score (nSPS) is 21.5. The summed E-state index contributed by atoms with van der Waals surface area (Å²) in [4.78, 5) is 26.9. The molecule has 1 atom stereocenters. The fourth-order valence-electron chi connectivity index (χ4n) is 3.34. The second-order valence-electron chi connectivity index (χ2n) is 6.30. The van der Waals surface area contributed by atoms with Crippen LogP contribution in [0.4, 0.5) is 4.79 Å². The molecule has 134 valence electrons. The van der Waals surface area contributed by atoms with Crippen LogP contribution in [0.2, 0.25) is 5.02 Å². The van der Waals surface area contributed by atoms with Gasteiger partial charge in [-0.05, 0) is 43.6 Å². The SMILES string of the molecule is COC(=O)C1=C(CN2CCCCC2)NC(=O)N[C@@H]1c1ccc(Cl)cc1. The van der Waals surface area contributed by atoms with Gasteiger partial charge in [-0.25, -0.2) is 9.59 Å². The van der Waals surface area contributed by atoms with Gasteiger partial charge in [0.25, 0.3) is 0 Å². The molecule has 2 aliphatic rings. The number of rotatable bonds is 4. The number of ether oxygens (including phenoxy) is 1. The molecule has 1 fully saturated rings. The van der Waals surface area contributed by atoms with Crippen molar-refractivity contribution in [3.8, 4) is 0 Å². The van der Waals surface area contributed by atoms with E-state index in [1.807, 2.05) is 0 Å². The summed E-state index contributed by atoms with van der Waals surface area (Å²) in [5, 5.41) is 6.21. The first-order valence-electron chi connectivity index (χ1n) is 8.45. The average Bonchev–Trinajstić information content (AvgIpc) is 2.62. The molecular weight excluding hydrogens is 342 g/mol. The highest BCUT2D eigenvalue weighted by Crippen LogP contribution is 2.29. The molecule has 0 aromatic heterocycles. The zero-order valence-corrected chi connectivity index (χ0v) is 14.9. The minimum atomic E-state index is -0.557. The second-order valence-corrected chi connectivity index (χ2v) is 6.74. The third-order valence-electron chi connectivity index (χ3n) is 4.59. The van der Waals surface area contributed by atoms with E-state index in [0.29, 0.717) is 22.8 Å². The summed E-state index contributed by atoms with van der Waals surface area (Å²) in [6, 6.07) is 6.21. The van der Waals surface area contributed by atoms with Crippen LogP contribution in [0.1, 0.15) is 30.9 Å². The fourth-order valence-corrected chi connectivity index (χ4v) is 3.47. The number of methoxy groups -OCH3 is 1. The Bertz CT molecular complexity index is 681. The molecule has 7 heteroatoms. The van der Waals surface area contributed by atoms with Gasteiger partial charge in [0.2, 0.25) is 0 Å². The van der Waals surface area contributed by atoms with Gasteiger partial charge in [-0.1, -0.05) is 30.2 Å². The summed E-state index contributed by atoms with van der Waals surface area (Å²) < 4.78 is 4.99. The molecule has 2 aliphatic heterocycles. The Morgan fingerprint density at radius 3 is 2.56 bits per heavy atom. The van der Waals surface area contributed by atoms with E-state index in [2.05, 4.69) is 15.5 Å². The van der Waals surface area contributed by atoms with Crippen LogP contribution < -0.4 is 10.6 Å².